The van der Waals surface area contributed by atoms with Crippen molar-refractivity contribution in [2.24, 2.45) is 4.99 Å². The largest absolute Gasteiger partial charge is 0.493 e. The van der Waals surface area contributed by atoms with Gasteiger partial charge in [-0.25, -0.2) is 4.99 Å². The fourth-order valence-corrected chi connectivity index (χ4v) is 3.76. The molecule has 0 N–H and O–H groups in total. The number of likely N-dealkylation sites (N-methyl/N-ethyl adjacent to an activating group) is 1. The molecule has 0 spiro atoms. The number of thioether (sulfide) groups is 1. The van der Waals surface area contributed by atoms with E-state index >= 15 is 0 Å². The van der Waals surface area contributed by atoms with Gasteiger partial charge in [0.2, 0.25) is 5.75 Å². The Morgan fingerprint density at radius 1 is 1.00 bits per heavy atom. The summed E-state index contributed by atoms with van der Waals surface area (Å²) >= 11 is 7.20. The monoisotopic (exact) mass is 418 g/mol. The van der Waals surface area contributed by atoms with Crippen molar-refractivity contribution < 1.29 is 19.0 Å². The Bertz CT molecular complexity index is 957. The van der Waals surface area contributed by atoms with Crippen molar-refractivity contribution in [3.63, 3.8) is 0 Å². The van der Waals surface area contributed by atoms with E-state index in [-0.39, 0.29) is 5.91 Å². The molecule has 1 fully saturated rings. The summed E-state index contributed by atoms with van der Waals surface area (Å²) in [4.78, 5) is 19.3. The fourth-order valence-electron chi connectivity index (χ4n) is 2.66. The minimum Gasteiger partial charge on any atom is -0.493 e. The average Bonchev–Trinajstić information content (AvgIpc) is 2.97. The van der Waals surface area contributed by atoms with Gasteiger partial charge in [0.05, 0.1) is 31.9 Å². The molecule has 0 aromatic heterocycles. The van der Waals surface area contributed by atoms with E-state index in [0.29, 0.717) is 37.9 Å². The molecule has 2 aromatic carbocycles. The number of ether oxygens (including phenoxy) is 3. The van der Waals surface area contributed by atoms with Crippen LogP contribution in [0.2, 0.25) is 5.02 Å². The van der Waals surface area contributed by atoms with Crippen LogP contribution in [0, 0.1) is 0 Å². The zero-order chi connectivity index (χ0) is 20.3. The Morgan fingerprint density at radius 2 is 1.68 bits per heavy atom. The molecule has 1 amide bonds. The molecule has 2 aromatic rings. The van der Waals surface area contributed by atoms with Crippen LogP contribution in [0.25, 0.3) is 6.08 Å². The van der Waals surface area contributed by atoms with E-state index in [1.807, 2.05) is 6.07 Å². The summed E-state index contributed by atoms with van der Waals surface area (Å²) in [5, 5.41) is 1.21. The van der Waals surface area contributed by atoms with Crippen molar-refractivity contribution in [1.29, 1.82) is 0 Å². The minimum absolute atomic E-state index is 0.144. The number of methoxy groups -OCH3 is 3. The Balaban J connectivity index is 1.97. The van der Waals surface area contributed by atoms with Crippen LogP contribution >= 0.6 is 23.4 Å². The number of amides is 1. The highest BCUT2D eigenvalue weighted by Crippen LogP contribution is 2.42. The number of amidine groups is 1. The van der Waals surface area contributed by atoms with Gasteiger partial charge >= 0.3 is 0 Å². The van der Waals surface area contributed by atoms with Gasteiger partial charge in [0.25, 0.3) is 5.91 Å². The van der Waals surface area contributed by atoms with Gasteiger partial charge in [-0.2, -0.15) is 0 Å². The molecule has 146 valence electrons. The lowest BCUT2D eigenvalue weighted by molar-refractivity contribution is -0.121. The first-order valence-electron chi connectivity index (χ1n) is 8.29. The van der Waals surface area contributed by atoms with Crippen molar-refractivity contribution in [1.82, 2.24) is 4.90 Å². The summed E-state index contributed by atoms with van der Waals surface area (Å²) in [7, 11) is 6.33. The number of hydrogen-bond acceptors (Lipinski definition) is 6. The lowest BCUT2D eigenvalue weighted by Crippen LogP contribution is -2.23. The van der Waals surface area contributed by atoms with Crippen molar-refractivity contribution >= 4 is 46.2 Å². The van der Waals surface area contributed by atoms with E-state index in [4.69, 9.17) is 25.8 Å². The maximum absolute atomic E-state index is 12.7. The molecule has 1 aliphatic rings. The lowest BCUT2D eigenvalue weighted by atomic mass is 10.1. The summed E-state index contributed by atoms with van der Waals surface area (Å²) in [5.74, 6) is 1.37. The SMILES string of the molecule is COc1ccc(/C=C2\SC(=Nc3ccc(Cl)cc3)N(C)C2=O)c(OC)c1OC. The molecule has 1 saturated heterocycles. The molecule has 0 unspecified atom stereocenters. The highest BCUT2D eigenvalue weighted by Gasteiger charge is 2.31. The van der Waals surface area contributed by atoms with Crippen molar-refractivity contribution in [3.8, 4) is 17.2 Å². The summed E-state index contributed by atoms with van der Waals surface area (Å²) in [6.07, 6.45) is 1.76. The Kier molecular flexibility index (Phi) is 6.16. The predicted octanol–water partition coefficient (Wildman–Crippen LogP) is 4.60. The number of aliphatic imine (C=N–C) groups is 1. The normalized spacial score (nSPS) is 16.8. The van der Waals surface area contributed by atoms with Crippen LogP contribution in [0.3, 0.4) is 0 Å². The second-order valence-electron chi connectivity index (χ2n) is 5.77. The van der Waals surface area contributed by atoms with E-state index in [1.54, 1.807) is 57.7 Å². The number of carbonyl (C=O) groups is 1. The van der Waals surface area contributed by atoms with E-state index in [0.717, 1.165) is 5.69 Å². The van der Waals surface area contributed by atoms with Gasteiger partial charge in [-0.05, 0) is 54.2 Å². The highest BCUT2D eigenvalue weighted by molar-refractivity contribution is 8.18. The third kappa shape index (κ3) is 3.95. The maximum atomic E-state index is 12.7. The maximum Gasteiger partial charge on any atom is 0.266 e. The van der Waals surface area contributed by atoms with Gasteiger partial charge in [0.15, 0.2) is 16.7 Å². The molecule has 0 radical (unpaired) electrons. The molecule has 0 aliphatic carbocycles. The van der Waals surface area contributed by atoms with Crippen LogP contribution < -0.4 is 14.2 Å². The molecule has 8 heteroatoms. The zero-order valence-electron chi connectivity index (χ0n) is 15.9. The van der Waals surface area contributed by atoms with Crippen LogP contribution in [0.5, 0.6) is 17.2 Å². The number of benzene rings is 2. The summed E-state index contributed by atoms with van der Waals surface area (Å²) in [5.41, 5.74) is 1.42. The first-order chi connectivity index (χ1) is 13.5. The predicted molar refractivity (Wildman–Crippen MR) is 113 cm³/mol. The standard InChI is InChI=1S/C20H19ClN2O4S/c1-23-19(24)16(28-20(23)22-14-8-6-13(21)7-9-14)11-12-5-10-15(25-2)18(27-4)17(12)26-3/h5-11H,1-4H3/b16-11-,22-20?. The number of nitrogens with zero attached hydrogens (tertiary/aromatic N) is 2. The van der Waals surface area contributed by atoms with Gasteiger partial charge in [-0.15, -0.1) is 0 Å². The minimum atomic E-state index is -0.144. The molecule has 0 saturated carbocycles. The first-order valence-corrected chi connectivity index (χ1v) is 9.48. The van der Waals surface area contributed by atoms with E-state index in [2.05, 4.69) is 4.99 Å². The molecule has 1 aliphatic heterocycles. The third-order valence-electron chi connectivity index (χ3n) is 4.08. The summed E-state index contributed by atoms with van der Waals surface area (Å²) in [6.45, 7) is 0. The van der Waals surface area contributed by atoms with Gasteiger partial charge in [0, 0.05) is 17.6 Å². The zero-order valence-corrected chi connectivity index (χ0v) is 17.4. The van der Waals surface area contributed by atoms with Crippen LogP contribution in [0.15, 0.2) is 46.3 Å². The van der Waals surface area contributed by atoms with Crippen LogP contribution in [-0.2, 0) is 4.79 Å². The first kappa shape index (κ1) is 20.1. The van der Waals surface area contributed by atoms with Crippen molar-refractivity contribution in [3.05, 3.63) is 51.9 Å². The molecule has 6 nitrogen and oxygen atoms in total. The second-order valence-corrected chi connectivity index (χ2v) is 7.21. The molecular weight excluding hydrogens is 400 g/mol. The average molecular weight is 419 g/mol. The van der Waals surface area contributed by atoms with Crippen molar-refractivity contribution in [2.75, 3.05) is 28.4 Å². The molecule has 0 bridgehead atoms. The Morgan fingerprint density at radius 3 is 2.29 bits per heavy atom. The summed E-state index contributed by atoms with van der Waals surface area (Å²) in [6, 6.07) is 10.7. The Hall–Kier alpha value is -2.64. The van der Waals surface area contributed by atoms with E-state index in [1.165, 1.54) is 23.8 Å². The molecule has 0 atom stereocenters. The van der Waals surface area contributed by atoms with Crippen molar-refractivity contribution in [2.45, 2.75) is 0 Å². The summed E-state index contributed by atoms with van der Waals surface area (Å²) < 4.78 is 16.2. The molecule has 28 heavy (non-hydrogen) atoms. The van der Waals surface area contributed by atoms with Gasteiger partial charge in [-0.3, -0.25) is 9.69 Å². The molecule has 1 heterocycles. The van der Waals surface area contributed by atoms with Crippen LogP contribution in [0.1, 0.15) is 5.56 Å². The number of carbonyl (C=O) groups excluding carboxylic acids is 1. The molecular formula is C20H19ClN2O4S. The van der Waals surface area contributed by atoms with Gasteiger partial charge < -0.3 is 14.2 Å². The fraction of sp³-hybridized carbons (Fsp3) is 0.200. The number of rotatable bonds is 5. The van der Waals surface area contributed by atoms with E-state index in [9.17, 15) is 4.79 Å². The number of hydrogen-bond donors (Lipinski definition) is 0. The van der Waals surface area contributed by atoms with Gasteiger partial charge in [0.1, 0.15) is 0 Å². The highest BCUT2D eigenvalue weighted by atomic mass is 35.5. The molecule has 3 rings (SSSR count). The number of halogens is 1. The quantitative estimate of drug-likeness (QED) is 0.664. The topological polar surface area (TPSA) is 60.4 Å². The smallest absolute Gasteiger partial charge is 0.266 e. The third-order valence-corrected chi connectivity index (χ3v) is 5.39. The van der Waals surface area contributed by atoms with Crippen LogP contribution in [0.4, 0.5) is 5.69 Å². The Labute approximate surface area is 172 Å². The second kappa shape index (κ2) is 8.58. The van der Waals surface area contributed by atoms with Gasteiger partial charge in [-0.1, -0.05) is 11.6 Å². The van der Waals surface area contributed by atoms with E-state index < -0.39 is 0 Å². The lowest BCUT2D eigenvalue weighted by Gasteiger charge is -2.14. The van der Waals surface area contributed by atoms with Crippen LogP contribution in [-0.4, -0.2) is 44.4 Å².